The molecule has 0 radical (unpaired) electrons. The summed E-state index contributed by atoms with van der Waals surface area (Å²) in [7, 11) is -1.77. The van der Waals surface area contributed by atoms with Crippen LogP contribution >= 0.6 is 0 Å². The molecule has 1 aliphatic rings. The van der Waals surface area contributed by atoms with Crippen LogP contribution in [0.25, 0.3) is 0 Å². The Bertz CT molecular complexity index is 386. The van der Waals surface area contributed by atoms with E-state index in [9.17, 15) is 0 Å². The Kier molecular flexibility index (Phi) is 6.28. The molecule has 1 fully saturated rings. The van der Waals surface area contributed by atoms with Gasteiger partial charge in [-0.25, -0.2) is 0 Å². The van der Waals surface area contributed by atoms with E-state index in [1.54, 1.807) is 0 Å². The molecule has 2 atom stereocenters. The Labute approximate surface area is 146 Å². The maximum absolute atomic E-state index is 6.36. The van der Waals surface area contributed by atoms with E-state index in [0.717, 1.165) is 13.0 Å². The summed E-state index contributed by atoms with van der Waals surface area (Å²) < 4.78 is 18.7. The highest BCUT2D eigenvalue weighted by Crippen LogP contribution is 2.41. The summed E-state index contributed by atoms with van der Waals surface area (Å²) >= 11 is 0. The Morgan fingerprint density at radius 2 is 1.43 bits per heavy atom. The van der Waals surface area contributed by atoms with Crippen molar-refractivity contribution in [2.45, 2.75) is 104 Å². The molecular formula is C18H39BO3Si. The van der Waals surface area contributed by atoms with Gasteiger partial charge in [0.1, 0.15) is 0 Å². The minimum atomic E-state index is -1.66. The minimum Gasteiger partial charge on any atom is -0.417 e. The average molecular weight is 342 g/mol. The van der Waals surface area contributed by atoms with Crippen molar-refractivity contribution in [2.24, 2.45) is 5.92 Å². The molecule has 1 heterocycles. The summed E-state index contributed by atoms with van der Waals surface area (Å²) in [6, 6.07) is 0. The third-order valence-electron chi connectivity index (χ3n) is 6.05. The van der Waals surface area contributed by atoms with E-state index < -0.39 is 8.32 Å². The average Bonchev–Trinajstić information content (AvgIpc) is 2.55. The van der Waals surface area contributed by atoms with Crippen LogP contribution in [0, 0.1) is 5.92 Å². The summed E-state index contributed by atoms with van der Waals surface area (Å²) in [4.78, 5) is 0. The van der Waals surface area contributed by atoms with Crippen LogP contribution in [0.1, 0.15) is 68.7 Å². The molecule has 0 amide bonds. The summed E-state index contributed by atoms with van der Waals surface area (Å²) in [5.74, 6) is 0.882. The topological polar surface area (TPSA) is 27.7 Å². The van der Waals surface area contributed by atoms with Gasteiger partial charge in [0, 0.05) is 6.61 Å². The summed E-state index contributed by atoms with van der Waals surface area (Å²) in [5, 5.41) is 0.268. The van der Waals surface area contributed by atoms with Crippen molar-refractivity contribution in [1.29, 1.82) is 0 Å². The lowest BCUT2D eigenvalue weighted by Gasteiger charge is -2.37. The van der Waals surface area contributed by atoms with E-state index in [1.807, 2.05) is 0 Å². The van der Waals surface area contributed by atoms with Crippen LogP contribution in [0.5, 0.6) is 0 Å². The maximum atomic E-state index is 6.36. The van der Waals surface area contributed by atoms with Crippen molar-refractivity contribution >= 4 is 15.4 Å². The molecule has 5 heteroatoms. The molecule has 136 valence electrons. The highest BCUT2D eigenvalue weighted by molar-refractivity contribution is 6.74. The lowest BCUT2D eigenvalue weighted by atomic mass is 9.69. The van der Waals surface area contributed by atoms with E-state index in [2.05, 4.69) is 75.4 Å². The van der Waals surface area contributed by atoms with Gasteiger partial charge < -0.3 is 13.7 Å². The summed E-state index contributed by atoms with van der Waals surface area (Å²) in [5.41, 5.74) is -0.486. The van der Waals surface area contributed by atoms with Crippen molar-refractivity contribution in [2.75, 3.05) is 6.61 Å². The molecular weight excluding hydrogens is 303 g/mol. The van der Waals surface area contributed by atoms with E-state index >= 15 is 0 Å². The first-order valence-corrected chi connectivity index (χ1v) is 12.0. The maximum Gasteiger partial charge on any atom is 0.460 e. The number of rotatable bonds is 6. The Balaban J connectivity index is 2.51. The van der Waals surface area contributed by atoms with Gasteiger partial charge in [0.15, 0.2) is 8.32 Å². The standard InChI is InChI=1S/C18H39BO3Si/c1-14(13-20-23(10,11)16(3,4)5)12-15(2)19-21-17(6,7)18(8,9)22-19/h14-15H,12-13H2,1-11H3/t14-,15?/m1/s1. The molecule has 0 aliphatic carbocycles. The van der Waals surface area contributed by atoms with Crippen molar-refractivity contribution in [1.82, 2.24) is 0 Å². The lowest BCUT2D eigenvalue weighted by molar-refractivity contribution is 0.00578. The van der Waals surface area contributed by atoms with Gasteiger partial charge in [-0.05, 0) is 64.0 Å². The Hall–Kier alpha value is 0.162. The molecule has 0 aromatic heterocycles. The molecule has 1 aliphatic heterocycles. The van der Waals surface area contributed by atoms with E-state index in [1.165, 1.54) is 0 Å². The molecule has 0 aromatic carbocycles. The fourth-order valence-electron chi connectivity index (χ4n) is 2.50. The SMILES string of the molecule is CC(C[C@@H](C)CO[Si](C)(C)C(C)(C)C)B1OC(C)(C)C(C)(C)O1. The van der Waals surface area contributed by atoms with Crippen LogP contribution in [-0.4, -0.2) is 33.2 Å². The first-order chi connectivity index (χ1) is 10.1. The lowest BCUT2D eigenvalue weighted by Crippen LogP contribution is -2.42. The van der Waals surface area contributed by atoms with Crippen molar-refractivity contribution in [3.05, 3.63) is 0 Å². The van der Waals surface area contributed by atoms with Gasteiger partial charge in [-0.3, -0.25) is 0 Å². The Morgan fingerprint density at radius 1 is 1.00 bits per heavy atom. The summed E-state index contributed by atoms with van der Waals surface area (Å²) in [6.07, 6.45) is 1.06. The molecule has 1 unspecified atom stereocenters. The molecule has 23 heavy (non-hydrogen) atoms. The molecule has 1 rings (SSSR count). The predicted molar refractivity (Wildman–Crippen MR) is 102 cm³/mol. The van der Waals surface area contributed by atoms with Crippen LogP contribution in [0.2, 0.25) is 23.9 Å². The molecule has 0 bridgehead atoms. The zero-order chi connectivity index (χ0) is 18.3. The molecule has 0 saturated carbocycles. The van der Waals surface area contributed by atoms with Crippen molar-refractivity contribution in [3.63, 3.8) is 0 Å². The third kappa shape index (κ3) is 5.07. The largest absolute Gasteiger partial charge is 0.460 e. The molecule has 0 aromatic rings. The smallest absolute Gasteiger partial charge is 0.417 e. The zero-order valence-electron chi connectivity index (χ0n) is 17.4. The first kappa shape index (κ1) is 21.2. The zero-order valence-corrected chi connectivity index (χ0v) is 18.4. The van der Waals surface area contributed by atoms with Crippen LogP contribution in [0.15, 0.2) is 0 Å². The number of hydrogen-bond acceptors (Lipinski definition) is 3. The van der Waals surface area contributed by atoms with E-state index in [0.29, 0.717) is 11.7 Å². The van der Waals surface area contributed by atoms with Gasteiger partial charge >= 0.3 is 7.12 Å². The fraction of sp³-hybridized carbons (Fsp3) is 1.00. The van der Waals surface area contributed by atoms with Gasteiger partial charge in [-0.2, -0.15) is 0 Å². The fourth-order valence-corrected chi connectivity index (χ4v) is 3.64. The third-order valence-corrected chi connectivity index (χ3v) is 10.5. The van der Waals surface area contributed by atoms with Gasteiger partial charge in [0.05, 0.1) is 11.2 Å². The predicted octanol–water partition coefficient (Wildman–Crippen LogP) is 5.52. The van der Waals surface area contributed by atoms with Crippen LogP contribution in [0.3, 0.4) is 0 Å². The second kappa shape index (κ2) is 6.81. The second-order valence-electron chi connectivity index (χ2n) is 10.0. The van der Waals surface area contributed by atoms with E-state index in [4.69, 9.17) is 13.7 Å². The quantitative estimate of drug-likeness (QED) is 0.595. The van der Waals surface area contributed by atoms with Crippen LogP contribution < -0.4 is 0 Å². The molecule has 3 nitrogen and oxygen atoms in total. The molecule has 0 spiro atoms. The van der Waals surface area contributed by atoms with Gasteiger partial charge in [-0.1, -0.05) is 34.6 Å². The summed E-state index contributed by atoms with van der Waals surface area (Å²) in [6.45, 7) is 25.3. The molecule has 0 N–H and O–H groups in total. The van der Waals surface area contributed by atoms with Gasteiger partial charge in [0.25, 0.3) is 0 Å². The molecule has 1 saturated heterocycles. The highest BCUT2D eigenvalue weighted by Gasteiger charge is 2.52. The monoisotopic (exact) mass is 342 g/mol. The van der Waals surface area contributed by atoms with Gasteiger partial charge in [0.2, 0.25) is 0 Å². The second-order valence-corrected chi connectivity index (χ2v) is 14.8. The minimum absolute atomic E-state index is 0.115. The Morgan fingerprint density at radius 3 is 1.83 bits per heavy atom. The van der Waals surface area contributed by atoms with Gasteiger partial charge in [-0.15, -0.1) is 0 Å². The first-order valence-electron chi connectivity index (χ1n) is 9.09. The van der Waals surface area contributed by atoms with Crippen LogP contribution in [-0.2, 0) is 13.7 Å². The number of hydrogen-bond donors (Lipinski definition) is 0. The van der Waals surface area contributed by atoms with Crippen molar-refractivity contribution in [3.8, 4) is 0 Å². The van der Waals surface area contributed by atoms with E-state index in [-0.39, 0.29) is 23.4 Å². The van der Waals surface area contributed by atoms with Crippen molar-refractivity contribution < 1.29 is 13.7 Å². The highest BCUT2D eigenvalue weighted by atomic mass is 28.4. The normalized spacial score (nSPS) is 23.9. The van der Waals surface area contributed by atoms with Crippen LogP contribution in [0.4, 0.5) is 0 Å².